The normalized spacial score (nSPS) is 11.9. The minimum atomic E-state index is 1.22. The Bertz CT molecular complexity index is 1580. The number of rotatable bonds is 2. The first-order valence-corrected chi connectivity index (χ1v) is 10.4. The molecule has 0 amide bonds. The predicted molar refractivity (Wildman–Crippen MR) is 132 cm³/mol. The monoisotopic (exact) mass is 380 g/mol. The van der Waals surface area contributed by atoms with Crippen LogP contribution in [0.1, 0.15) is 11.1 Å². The van der Waals surface area contributed by atoms with E-state index in [2.05, 4.69) is 121 Å². The molecule has 0 aliphatic rings. The van der Waals surface area contributed by atoms with E-state index in [0.717, 1.165) is 0 Å². The van der Waals surface area contributed by atoms with Gasteiger partial charge in [-0.05, 0) is 66.3 Å². The highest BCUT2D eigenvalue weighted by molar-refractivity contribution is 6.20. The van der Waals surface area contributed by atoms with Crippen LogP contribution in [-0.4, -0.2) is 0 Å². The molecule has 0 saturated carbocycles. The maximum atomic E-state index is 2.32. The summed E-state index contributed by atoms with van der Waals surface area (Å²) in [5.74, 6) is 0. The van der Waals surface area contributed by atoms with Crippen LogP contribution in [0.15, 0.2) is 109 Å². The largest absolute Gasteiger partial charge is 0.0616 e. The molecule has 0 saturated heterocycles. The van der Waals surface area contributed by atoms with Gasteiger partial charge < -0.3 is 0 Å². The molecule has 0 radical (unpaired) electrons. The lowest BCUT2D eigenvalue weighted by molar-refractivity contribution is 1.70. The molecule has 30 heavy (non-hydrogen) atoms. The Morgan fingerprint density at radius 2 is 0.900 bits per heavy atom. The van der Waals surface area contributed by atoms with Crippen LogP contribution in [0.25, 0.3) is 55.2 Å². The fourth-order valence-corrected chi connectivity index (χ4v) is 4.45. The van der Waals surface area contributed by atoms with Gasteiger partial charge in [-0.2, -0.15) is 0 Å². The highest BCUT2D eigenvalue weighted by Gasteiger charge is 2.05. The van der Waals surface area contributed by atoms with Crippen LogP contribution < -0.4 is 0 Å². The molecule has 6 rings (SSSR count). The third kappa shape index (κ3) is 2.86. The first-order chi connectivity index (χ1) is 14.8. The van der Waals surface area contributed by atoms with E-state index in [1.807, 2.05) is 0 Å². The van der Waals surface area contributed by atoms with Gasteiger partial charge in [0, 0.05) is 0 Å². The Morgan fingerprint density at radius 3 is 1.70 bits per heavy atom. The zero-order valence-electron chi connectivity index (χ0n) is 16.5. The summed E-state index contributed by atoms with van der Waals surface area (Å²) in [7, 11) is 0. The van der Waals surface area contributed by atoms with Crippen molar-refractivity contribution < 1.29 is 0 Å². The van der Waals surface area contributed by atoms with Crippen LogP contribution in [0.2, 0.25) is 0 Å². The van der Waals surface area contributed by atoms with Crippen molar-refractivity contribution in [2.24, 2.45) is 0 Å². The Kier molecular flexibility index (Phi) is 3.89. The summed E-state index contributed by atoms with van der Waals surface area (Å²) in [6.45, 7) is 0. The third-order valence-electron chi connectivity index (χ3n) is 5.99. The molecule has 0 atom stereocenters. The topological polar surface area (TPSA) is 0 Å². The van der Waals surface area contributed by atoms with Gasteiger partial charge in [0.1, 0.15) is 0 Å². The first-order valence-electron chi connectivity index (χ1n) is 10.4. The molecule has 0 heteroatoms. The maximum absolute atomic E-state index is 2.32. The molecule has 6 aromatic carbocycles. The van der Waals surface area contributed by atoms with E-state index in [0.29, 0.717) is 0 Å². The molecule has 0 N–H and O–H groups in total. The van der Waals surface area contributed by atoms with Gasteiger partial charge in [-0.1, -0.05) is 109 Å². The first kappa shape index (κ1) is 17.0. The van der Waals surface area contributed by atoms with Crippen LogP contribution in [0, 0.1) is 0 Å². The zero-order chi connectivity index (χ0) is 19.9. The van der Waals surface area contributed by atoms with Gasteiger partial charge in [0.05, 0.1) is 0 Å². The lowest BCUT2D eigenvalue weighted by Gasteiger charge is -2.09. The second-order valence-electron chi connectivity index (χ2n) is 7.87. The second-order valence-corrected chi connectivity index (χ2v) is 7.87. The fraction of sp³-hybridized carbons (Fsp3) is 0. The summed E-state index contributed by atoms with van der Waals surface area (Å²) in [5.41, 5.74) is 2.44. The van der Waals surface area contributed by atoms with Crippen molar-refractivity contribution in [2.45, 2.75) is 0 Å². The highest BCUT2D eigenvalue weighted by atomic mass is 14.1. The fourth-order valence-electron chi connectivity index (χ4n) is 4.45. The minimum Gasteiger partial charge on any atom is -0.0616 e. The van der Waals surface area contributed by atoms with Gasteiger partial charge in [-0.15, -0.1) is 0 Å². The van der Waals surface area contributed by atoms with Gasteiger partial charge >= 0.3 is 0 Å². The maximum Gasteiger partial charge on any atom is -0.00266 e. The predicted octanol–water partition coefficient (Wildman–Crippen LogP) is 8.47. The quantitative estimate of drug-likeness (QED) is 0.209. The van der Waals surface area contributed by atoms with Gasteiger partial charge in [0.25, 0.3) is 0 Å². The van der Waals surface area contributed by atoms with Crippen molar-refractivity contribution in [3.63, 3.8) is 0 Å². The van der Waals surface area contributed by atoms with Gasteiger partial charge in [0.2, 0.25) is 0 Å². The average molecular weight is 380 g/mol. The number of hydrogen-bond donors (Lipinski definition) is 0. The van der Waals surface area contributed by atoms with E-state index in [4.69, 9.17) is 0 Å². The van der Waals surface area contributed by atoms with E-state index in [1.54, 1.807) is 0 Å². The lowest BCUT2D eigenvalue weighted by atomic mass is 9.95. The van der Waals surface area contributed by atoms with Gasteiger partial charge in [-0.3, -0.25) is 0 Å². The molecule has 0 nitrogen and oxygen atoms in total. The van der Waals surface area contributed by atoms with Crippen molar-refractivity contribution in [1.82, 2.24) is 0 Å². The van der Waals surface area contributed by atoms with Crippen molar-refractivity contribution in [1.29, 1.82) is 0 Å². The molecular formula is C30H20. The molecule has 0 fully saturated rings. The molecule has 6 aromatic rings. The van der Waals surface area contributed by atoms with Crippen molar-refractivity contribution >= 4 is 55.2 Å². The summed E-state index contributed by atoms with van der Waals surface area (Å²) in [5, 5.41) is 10.4. The van der Waals surface area contributed by atoms with Crippen molar-refractivity contribution in [3.8, 4) is 0 Å². The van der Waals surface area contributed by atoms with Crippen LogP contribution >= 0.6 is 0 Å². The molecule has 0 spiro atoms. The Morgan fingerprint density at radius 1 is 0.367 bits per heavy atom. The minimum absolute atomic E-state index is 1.22. The number of fused-ring (bicyclic) bond motifs is 6. The van der Waals surface area contributed by atoms with Gasteiger partial charge in [0.15, 0.2) is 0 Å². The van der Waals surface area contributed by atoms with E-state index in [9.17, 15) is 0 Å². The SMILES string of the molecule is C(=C\c1ccc2ccc3ccc4ccccc4c3c2c1)/c1ccc2ccccc2c1. The number of hydrogen-bond acceptors (Lipinski definition) is 0. The summed E-state index contributed by atoms with van der Waals surface area (Å²) >= 11 is 0. The van der Waals surface area contributed by atoms with E-state index >= 15 is 0 Å². The van der Waals surface area contributed by atoms with E-state index in [-0.39, 0.29) is 0 Å². The summed E-state index contributed by atoms with van der Waals surface area (Å²) in [6.07, 6.45) is 4.42. The van der Waals surface area contributed by atoms with Gasteiger partial charge in [-0.25, -0.2) is 0 Å². The second kappa shape index (κ2) is 6.86. The molecule has 0 heterocycles. The van der Waals surface area contributed by atoms with E-state index < -0.39 is 0 Å². The standard InChI is InChI=1S/C30H20/c1-2-7-27-19-21(11-13-23(27)5-1)9-10-22-12-14-25-16-18-26-17-15-24-6-3-4-8-28(24)30(26)29(25)20-22/h1-20H/b10-9+. The zero-order valence-corrected chi connectivity index (χ0v) is 16.5. The molecule has 0 aliphatic heterocycles. The Labute approximate surface area is 175 Å². The Hall–Kier alpha value is -3.90. The molecule has 140 valence electrons. The van der Waals surface area contributed by atoms with E-state index in [1.165, 1.54) is 54.2 Å². The highest BCUT2D eigenvalue weighted by Crippen LogP contribution is 2.33. The molecule has 0 bridgehead atoms. The lowest BCUT2D eigenvalue weighted by Crippen LogP contribution is -1.82. The molecule has 0 aliphatic carbocycles. The molecule has 0 unspecified atom stereocenters. The molecule has 0 aromatic heterocycles. The average Bonchev–Trinajstić information content (AvgIpc) is 2.82. The van der Waals surface area contributed by atoms with Crippen LogP contribution in [0.5, 0.6) is 0 Å². The van der Waals surface area contributed by atoms with Crippen LogP contribution in [-0.2, 0) is 0 Å². The summed E-state index contributed by atoms with van der Waals surface area (Å²) < 4.78 is 0. The summed E-state index contributed by atoms with van der Waals surface area (Å²) in [6, 6.07) is 39.4. The number of benzene rings is 6. The van der Waals surface area contributed by atoms with Crippen molar-refractivity contribution in [3.05, 3.63) is 120 Å². The summed E-state index contributed by atoms with van der Waals surface area (Å²) in [4.78, 5) is 0. The van der Waals surface area contributed by atoms with Crippen molar-refractivity contribution in [2.75, 3.05) is 0 Å². The Balaban J connectivity index is 1.50. The van der Waals surface area contributed by atoms with Crippen LogP contribution in [0.3, 0.4) is 0 Å². The molecular weight excluding hydrogens is 360 g/mol. The third-order valence-corrected chi connectivity index (χ3v) is 5.99. The smallest absolute Gasteiger partial charge is 0.00266 e. The van der Waals surface area contributed by atoms with Crippen LogP contribution in [0.4, 0.5) is 0 Å².